The Bertz CT molecular complexity index is 1280. The smallest absolute Gasteiger partial charge is 0.258 e. The Balaban J connectivity index is 1.41. The Labute approximate surface area is 198 Å². The summed E-state index contributed by atoms with van der Waals surface area (Å²) in [6, 6.07) is 22.8. The van der Waals surface area contributed by atoms with E-state index < -0.39 is 0 Å². The summed E-state index contributed by atoms with van der Waals surface area (Å²) in [5.41, 5.74) is 3.17. The minimum Gasteiger partial charge on any atom is -0.497 e. The number of benzene rings is 2. The average Bonchev–Trinajstić information content (AvgIpc) is 3.40. The van der Waals surface area contributed by atoms with Crippen molar-refractivity contribution < 1.29 is 9.53 Å². The molecule has 1 unspecified atom stereocenters. The topological polar surface area (TPSA) is 80.2 Å². The van der Waals surface area contributed by atoms with E-state index in [1.54, 1.807) is 25.6 Å². The fourth-order valence-electron chi connectivity index (χ4n) is 4.25. The quantitative estimate of drug-likeness (QED) is 0.430. The van der Waals surface area contributed by atoms with Crippen LogP contribution in [-0.2, 0) is 0 Å². The van der Waals surface area contributed by atoms with Crippen molar-refractivity contribution in [1.82, 2.24) is 19.9 Å². The molecule has 0 saturated carbocycles. The molecular formula is C27H25N5O2. The maximum atomic E-state index is 13.7. The number of nitrogens with one attached hydrogen (secondary N) is 1. The molecule has 1 amide bonds. The molecule has 0 spiro atoms. The van der Waals surface area contributed by atoms with E-state index in [1.165, 1.54) is 0 Å². The molecule has 1 aliphatic heterocycles. The van der Waals surface area contributed by atoms with Crippen LogP contribution in [0.25, 0.3) is 11.4 Å². The predicted molar refractivity (Wildman–Crippen MR) is 131 cm³/mol. The van der Waals surface area contributed by atoms with E-state index in [2.05, 4.69) is 15.3 Å². The van der Waals surface area contributed by atoms with Crippen LogP contribution in [0.1, 0.15) is 34.9 Å². The van der Waals surface area contributed by atoms with Crippen LogP contribution < -0.4 is 10.1 Å². The molecule has 1 N–H and O–H groups in total. The first kappa shape index (κ1) is 21.6. The van der Waals surface area contributed by atoms with Crippen LogP contribution in [0, 0.1) is 0 Å². The summed E-state index contributed by atoms with van der Waals surface area (Å²) in [7, 11) is 1.63. The molecule has 2 aromatic heterocycles. The first-order valence-electron chi connectivity index (χ1n) is 11.3. The van der Waals surface area contributed by atoms with E-state index in [9.17, 15) is 4.79 Å². The fraction of sp³-hybridized carbons (Fsp3) is 0.185. The third-order valence-electron chi connectivity index (χ3n) is 5.96. The lowest BCUT2D eigenvalue weighted by Gasteiger charge is -2.25. The number of rotatable bonds is 6. The third kappa shape index (κ3) is 4.45. The number of likely N-dealkylation sites (tertiary alicyclic amines) is 1. The third-order valence-corrected chi connectivity index (χ3v) is 5.96. The van der Waals surface area contributed by atoms with E-state index in [1.807, 2.05) is 71.6 Å². The van der Waals surface area contributed by atoms with Gasteiger partial charge in [-0.3, -0.25) is 4.79 Å². The van der Waals surface area contributed by atoms with E-state index in [0.717, 1.165) is 35.5 Å². The van der Waals surface area contributed by atoms with Crippen LogP contribution in [0.15, 0.2) is 85.2 Å². The molecule has 34 heavy (non-hydrogen) atoms. The summed E-state index contributed by atoms with van der Waals surface area (Å²) in [6.45, 7) is 0.672. The van der Waals surface area contributed by atoms with E-state index in [4.69, 9.17) is 9.72 Å². The number of amides is 1. The van der Waals surface area contributed by atoms with Gasteiger partial charge in [0.2, 0.25) is 0 Å². The minimum absolute atomic E-state index is 0.0634. The number of hydrogen-bond acceptors (Lipinski definition) is 6. The van der Waals surface area contributed by atoms with Gasteiger partial charge in [0.15, 0.2) is 5.82 Å². The molecule has 0 bridgehead atoms. The highest BCUT2D eigenvalue weighted by molar-refractivity contribution is 5.99. The predicted octanol–water partition coefficient (Wildman–Crippen LogP) is 5.27. The van der Waals surface area contributed by atoms with Crippen molar-refractivity contribution in [1.29, 1.82) is 0 Å². The maximum absolute atomic E-state index is 13.7. The second-order valence-corrected chi connectivity index (χ2v) is 8.08. The summed E-state index contributed by atoms with van der Waals surface area (Å²) in [4.78, 5) is 29.3. The SMILES string of the molecule is COc1ccc(Nc2ncccc2C(=O)N2CCCC2c2ccnc(-c3ccccc3)n2)cc1. The van der Waals surface area contributed by atoms with Crippen molar-refractivity contribution in [2.75, 3.05) is 19.0 Å². The number of methoxy groups -OCH3 is 1. The average molecular weight is 452 g/mol. The molecule has 4 aromatic rings. The van der Waals surface area contributed by atoms with E-state index >= 15 is 0 Å². The van der Waals surface area contributed by atoms with Gasteiger partial charge in [0.05, 0.1) is 24.4 Å². The van der Waals surface area contributed by atoms with Gasteiger partial charge in [0, 0.05) is 30.2 Å². The summed E-state index contributed by atoms with van der Waals surface area (Å²) >= 11 is 0. The lowest BCUT2D eigenvalue weighted by atomic mass is 10.1. The van der Waals surface area contributed by atoms with Crippen LogP contribution in [0.4, 0.5) is 11.5 Å². The zero-order chi connectivity index (χ0) is 23.3. The van der Waals surface area contributed by atoms with Crippen LogP contribution in [-0.4, -0.2) is 39.4 Å². The van der Waals surface area contributed by atoms with Crippen molar-refractivity contribution in [3.05, 3.63) is 96.4 Å². The van der Waals surface area contributed by atoms with Gasteiger partial charge in [0.25, 0.3) is 5.91 Å². The Hall–Kier alpha value is -4.26. The van der Waals surface area contributed by atoms with Gasteiger partial charge in [-0.05, 0) is 55.3 Å². The summed E-state index contributed by atoms with van der Waals surface area (Å²) < 4.78 is 5.22. The van der Waals surface area contributed by atoms with Gasteiger partial charge in [-0.25, -0.2) is 15.0 Å². The standard InChI is InChI=1S/C27H25N5O2/c1-34-21-13-11-20(12-14-21)30-26-22(9-5-16-28-26)27(33)32-18-6-10-24(32)23-15-17-29-25(31-23)19-7-3-2-4-8-19/h2-5,7-9,11-17,24H,6,10,18H2,1H3,(H,28,30). The number of carbonyl (C=O) groups is 1. The molecule has 7 nitrogen and oxygen atoms in total. The van der Waals surface area contributed by atoms with Crippen LogP contribution in [0.2, 0.25) is 0 Å². The van der Waals surface area contributed by atoms with Crippen molar-refractivity contribution in [2.45, 2.75) is 18.9 Å². The number of nitrogens with zero attached hydrogens (tertiary/aromatic N) is 4. The molecule has 2 aromatic carbocycles. The molecule has 1 saturated heterocycles. The van der Waals surface area contributed by atoms with Gasteiger partial charge < -0.3 is 15.0 Å². The normalized spacial score (nSPS) is 15.2. The van der Waals surface area contributed by atoms with Crippen molar-refractivity contribution >= 4 is 17.4 Å². The molecule has 7 heteroatoms. The zero-order valence-corrected chi connectivity index (χ0v) is 18.9. The van der Waals surface area contributed by atoms with Gasteiger partial charge >= 0.3 is 0 Å². The Kier molecular flexibility index (Phi) is 6.16. The second-order valence-electron chi connectivity index (χ2n) is 8.08. The number of anilines is 2. The molecule has 0 radical (unpaired) electrons. The monoisotopic (exact) mass is 451 g/mol. The molecule has 170 valence electrons. The van der Waals surface area contributed by atoms with E-state index in [0.29, 0.717) is 23.8 Å². The number of ether oxygens (including phenoxy) is 1. The fourth-order valence-corrected chi connectivity index (χ4v) is 4.25. The zero-order valence-electron chi connectivity index (χ0n) is 18.9. The molecule has 0 aliphatic carbocycles. The Morgan fingerprint density at radius 2 is 1.79 bits per heavy atom. The maximum Gasteiger partial charge on any atom is 0.258 e. The minimum atomic E-state index is -0.105. The lowest BCUT2D eigenvalue weighted by molar-refractivity contribution is 0.0733. The molecular weight excluding hydrogens is 426 g/mol. The largest absolute Gasteiger partial charge is 0.497 e. The first-order valence-corrected chi connectivity index (χ1v) is 11.3. The van der Waals surface area contributed by atoms with Crippen LogP contribution >= 0.6 is 0 Å². The van der Waals surface area contributed by atoms with Crippen molar-refractivity contribution in [2.24, 2.45) is 0 Å². The second kappa shape index (κ2) is 9.70. The van der Waals surface area contributed by atoms with Gasteiger partial charge in [0.1, 0.15) is 11.6 Å². The Morgan fingerprint density at radius 1 is 0.971 bits per heavy atom. The van der Waals surface area contributed by atoms with Gasteiger partial charge in [-0.15, -0.1) is 0 Å². The first-order chi connectivity index (χ1) is 16.7. The molecule has 1 aliphatic rings. The Morgan fingerprint density at radius 3 is 2.59 bits per heavy atom. The molecule has 3 heterocycles. The lowest BCUT2D eigenvalue weighted by Crippen LogP contribution is -2.31. The van der Waals surface area contributed by atoms with E-state index in [-0.39, 0.29) is 11.9 Å². The van der Waals surface area contributed by atoms with Gasteiger partial charge in [-0.1, -0.05) is 30.3 Å². The summed E-state index contributed by atoms with van der Waals surface area (Å²) in [5.74, 6) is 1.89. The van der Waals surface area contributed by atoms with Crippen LogP contribution in [0.3, 0.4) is 0 Å². The molecule has 5 rings (SSSR count). The molecule has 1 fully saturated rings. The number of carbonyl (C=O) groups excluding carboxylic acids is 1. The number of pyridine rings is 1. The number of hydrogen-bond donors (Lipinski definition) is 1. The molecule has 1 atom stereocenters. The summed E-state index contributed by atoms with van der Waals surface area (Å²) in [5, 5.41) is 3.27. The summed E-state index contributed by atoms with van der Waals surface area (Å²) in [6.07, 6.45) is 5.23. The van der Waals surface area contributed by atoms with Crippen LogP contribution in [0.5, 0.6) is 5.75 Å². The highest BCUT2D eigenvalue weighted by atomic mass is 16.5. The highest BCUT2D eigenvalue weighted by Gasteiger charge is 2.33. The number of aromatic nitrogens is 3. The van der Waals surface area contributed by atoms with Crippen molar-refractivity contribution in [3.8, 4) is 17.1 Å². The van der Waals surface area contributed by atoms with Gasteiger partial charge in [-0.2, -0.15) is 0 Å². The van der Waals surface area contributed by atoms with Crippen molar-refractivity contribution in [3.63, 3.8) is 0 Å². The highest BCUT2D eigenvalue weighted by Crippen LogP contribution is 2.34.